The summed E-state index contributed by atoms with van der Waals surface area (Å²) in [5, 5.41) is 0. The van der Waals surface area contributed by atoms with Crippen LogP contribution < -0.4 is 0 Å². The van der Waals surface area contributed by atoms with Crippen molar-refractivity contribution in [2.24, 2.45) is 0 Å². The molecule has 6 nitrogen and oxygen atoms in total. The van der Waals surface area contributed by atoms with Crippen molar-refractivity contribution in [3.05, 3.63) is 35.4 Å². The lowest BCUT2D eigenvalue weighted by Crippen LogP contribution is -2.43. The number of amides is 2. The number of benzene rings is 1. The van der Waals surface area contributed by atoms with Crippen LogP contribution in [0.3, 0.4) is 0 Å². The molecule has 0 aromatic heterocycles. The highest BCUT2D eigenvalue weighted by atomic mass is 16.6. The zero-order valence-corrected chi connectivity index (χ0v) is 15.4. The van der Waals surface area contributed by atoms with Gasteiger partial charge in [-0.3, -0.25) is 9.69 Å². The first kappa shape index (κ1) is 17.3. The monoisotopic (exact) mass is 357 g/mol. The van der Waals surface area contributed by atoms with E-state index in [1.165, 1.54) is 11.1 Å². The Morgan fingerprint density at radius 1 is 1.15 bits per heavy atom. The molecule has 0 bridgehead atoms. The van der Waals surface area contributed by atoms with Crippen LogP contribution in [0.4, 0.5) is 4.79 Å². The van der Waals surface area contributed by atoms with Gasteiger partial charge in [0.2, 0.25) is 5.91 Å². The second-order valence-electron chi connectivity index (χ2n) is 7.87. The maximum absolute atomic E-state index is 12.8. The Morgan fingerprint density at radius 2 is 1.96 bits per heavy atom. The van der Waals surface area contributed by atoms with E-state index in [9.17, 15) is 9.59 Å². The van der Waals surface area contributed by atoms with E-state index in [0.29, 0.717) is 19.6 Å². The van der Waals surface area contributed by atoms with Gasteiger partial charge in [-0.25, -0.2) is 4.79 Å². The molecule has 1 atom stereocenters. The third-order valence-electron chi connectivity index (χ3n) is 5.96. The lowest BCUT2D eigenvalue weighted by atomic mass is 9.95. The maximum Gasteiger partial charge on any atom is 0.410 e. The van der Waals surface area contributed by atoms with Gasteiger partial charge in [-0.15, -0.1) is 0 Å². The van der Waals surface area contributed by atoms with Gasteiger partial charge in [0, 0.05) is 39.6 Å². The molecule has 3 aliphatic heterocycles. The molecule has 0 N–H and O–H groups in total. The number of carbonyl (C=O) groups is 2. The van der Waals surface area contributed by atoms with Gasteiger partial charge in [-0.2, -0.15) is 0 Å². The first-order valence-corrected chi connectivity index (χ1v) is 9.56. The van der Waals surface area contributed by atoms with Crippen LogP contribution in [0, 0.1) is 0 Å². The number of fused-ring (bicyclic) bond motifs is 1. The van der Waals surface area contributed by atoms with E-state index in [4.69, 9.17) is 4.74 Å². The predicted molar refractivity (Wildman–Crippen MR) is 97.7 cm³/mol. The van der Waals surface area contributed by atoms with Crippen LogP contribution in [0.2, 0.25) is 0 Å². The Hall–Kier alpha value is -2.08. The van der Waals surface area contributed by atoms with Crippen molar-refractivity contribution in [2.75, 3.05) is 39.8 Å². The van der Waals surface area contributed by atoms with Crippen LogP contribution in [-0.4, -0.2) is 72.1 Å². The molecular weight excluding hydrogens is 330 g/mol. The van der Waals surface area contributed by atoms with Crippen molar-refractivity contribution >= 4 is 12.0 Å². The summed E-state index contributed by atoms with van der Waals surface area (Å²) in [4.78, 5) is 30.4. The second kappa shape index (κ2) is 6.91. The lowest BCUT2D eigenvalue weighted by molar-refractivity contribution is -0.132. The Bertz CT molecular complexity index is 707. The van der Waals surface area contributed by atoms with Gasteiger partial charge in [0.1, 0.15) is 5.60 Å². The summed E-state index contributed by atoms with van der Waals surface area (Å²) in [6.45, 7) is 4.32. The zero-order valence-electron chi connectivity index (χ0n) is 15.4. The average Bonchev–Trinajstić information content (AvgIpc) is 2.79. The number of nitrogens with zero attached hydrogens (tertiary/aromatic N) is 3. The molecule has 0 unspecified atom stereocenters. The molecule has 26 heavy (non-hydrogen) atoms. The fourth-order valence-corrected chi connectivity index (χ4v) is 4.45. The fraction of sp³-hybridized carbons (Fsp3) is 0.600. The molecule has 3 aliphatic rings. The van der Waals surface area contributed by atoms with Crippen LogP contribution in [0.1, 0.15) is 30.4 Å². The van der Waals surface area contributed by atoms with Crippen LogP contribution in [0.15, 0.2) is 24.3 Å². The van der Waals surface area contributed by atoms with Gasteiger partial charge in [0.05, 0.1) is 13.1 Å². The number of ether oxygens (including phenoxy) is 1. The minimum Gasteiger partial charge on any atom is -0.441 e. The molecule has 6 heteroatoms. The molecule has 140 valence electrons. The highest BCUT2D eigenvalue weighted by Crippen LogP contribution is 2.32. The molecule has 1 spiro atoms. The number of hydrogen-bond acceptors (Lipinski definition) is 4. The SMILES string of the molecule is CN1C[C@]2(CCCN(C(=O)CN3CCc4ccccc4C3)CC2)OC1=O. The molecule has 2 saturated heterocycles. The zero-order chi connectivity index (χ0) is 18.1. The van der Waals surface area contributed by atoms with Crippen molar-refractivity contribution in [3.8, 4) is 0 Å². The smallest absolute Gasteiger partial charge is 0.410 e. The summed E-state index contributed by atoms with van der Waals surface area (Å²) in [5.41, 5.74) is 2.34. The molecular formula is C20H27N3O3. The highest BCUT2D eigenvalue weighted by Gasteiger charge is 2.44. The Balaban J connectivity index is 1.34. The van der Waals surface area contributed by atoms with E-state index in [1.54, 1.807) is 11.9 Å². The van der Waals surface area contributed by atoms with Crippen LogP contribution in [0.25, 0.3) is 0 Å². The van der Waals surface area contributed by atoms with Gasteiger partial charge in [0.25, 0.3) is 0 Å². The third kappa shape index (κ3) is 3.43. The number of likely N-dealkylation sites (tertiary alicyclic amines) is 1. The molecule has 1 aromatic carbocycles. The molecule has 1 aromatic rings. The minimum absolute atomic E-state index is 0.194. The number of likely N-dealkylation sites (N-methyl/N-ethyl adjacent to an activating group) is 1. The van der Waals surface area contributed by atoms with Gasteiger partial charge < -0.3 is 14.5 Å². The van der Waals surface area contributed by atoms with E-state index in [2.05, 4.69) is 29.2 Å². The maximum atomic E-state index is 12.8. The quantitative estimate of drug-likeness (QED) is 0.811. The van der Waals surface area contributed by atoms with E-state index >= 15 is 0 Å². The molecule has 0 aliphatic carbocycles. The first-order chi connectivity index (χ1) is 12.5. The van der Waals surface area contributed by atoms with Gasteiger partial charge in [-0.05, 0) is 30.4 Å². The fourth-order valence-electron chi connectivity index (χ4n) is 4.45. The summed E-state index contributed by atoms with van der Waals surface area (Å²) in [7, 11) is 1.78. The Morgan fingerprint density at radius 3 is 2.73 bits per heavy atom. The number of carbonyl (C=O) groups excluding carboxylic acids is 2. The molecule has 3 heterocycles. The van der Waals surface area contributed by atoms with Gasteiger partial charge >= 0.3 is 6.09 Å². The van der Waals surface area contributed by atoms with Crippen molar-refractivity contribution in [2.45, 2.75) is 37.8 Å². The molecule has 2 fully saturated rings. The number of rotatable bonds is 2. The number of hydrogen-bond donors (Lipinski definition) is 0. The first-order valence-electron chi connectivity index (χ1n) is 9.56. The van der Waals surface area contributed by atoms with Crippen molar-refractivity contribution in [1.29, 1.82) is 0 Å². The standard InChI is InChI=1S/C20H27N3O3/c1-21-15-20(26-19(21)25)8-4-10-23(12-9-20)18(24)14-22-11-7-16-5-2-3-6-17(16)13-22/h2-3,5-6H,4,7-15H2,1H3/t20-/m1/s1. The van der Waals surface area contributed by atoms with E-state index in [-0.39, 0.29) is 12.0 Å². The molecule has 2 amide bonds. The molecule has 0 saturated carbocycles. The average molecular weight is 357 g/mol. The summed E-state index contributed by atoms with van der Waals surface area (Å²) in [6, 6.07) is 8.49. The molecule has 0 radical (unpaired) electrons. The van der Waals surface area contributed by atoms with E-state index in [0.717, 1.165) is 45.3 Å². The molecule has 4 rings (SSSR count). The van der Waals surface area contributed by atoms with Crippen molar-refractivity contribution in [1.82, 2.24) is 14.7 Å². The topological polar surface area (TPSA) is 53.1 Å². The van der Waals surface area contributed by atoms with Gasteiger partial charge in [0.15, 0.2) is 0 Å². The van der Waals surface area contributed by atoms with Crippen molar-refractivity contribution in [3.63, 3.8) is 0 Å². The van der Waals surface area contributed by atoms with Crippen LogP contribution >= 0.6 is 0 Å². The van der Waals surface area contributed by atoms with Gasteiger partial charge in [-0.1, -0.05) is 24.3 Å². The highest BCUT2D eigenvalue weighted by molar-refractivity contribution is 5.78. The lowest BCUT2D eigenvalue weighted by Gasteiger charge is -2.30. The third-order valence-corrected chi connectivity index (χ3v) is 5.96. The summed E-state index contributed by atoms with van der Waals surface area (Å²) >= 11 is 0. The van der Waals surface area contributed by atoms with Crippen molar-refractivity contribution < 1.29 is 14.3 Å². The van der Waals surface area contributed by atoms with E-state index in [1.807, 2.05) is 4.90 Å². The normalized spacial score (nSPS) is 26.6. The summed E-state index contributed by atoms with van der Waals surface area (Å²) in [5.74, 6) is 0.194. The summed E-state index contributed by atoms with van der Waals surface area (Å²) < 4.78 is 5.64. The minimum atomic E-state index is -0.398. The Kier molecular flexibility index (Phi) is 4.61. The van der Waals surface area contributed by atoms with E-state index < -0.39 is 5.60 Å². The largest absolute Gasteiger partial charge is 0.441 e. The Labute approximate surface area is 154 Å². The predicted octanol–water partition coefficient (Wildman–Crippen LogP) is 1.88. The van der Waals surface area contributed by atoms with Crippen LogP contribution in [-0.2, 0) is 22.5 Å². The second-order valence-corrected chi connectivity index (χ2v) is 7.87. The van der Waals surface area contributed by atoms with Crippen LogP contribution in [0.5, 0.6) is 0 Å². The summed E-state index contributed by atoms with van der Waals surface area (Å²) in [6.07, 6.45) is 3.23.